The van der Waals surface area contributed by atoms with E-state index in [0.29, 0.717) is 15.8 Å². The lowest BCUT2D eigenvalue weighted by atomic mass is 10.1. The average Bonchev–Trinajstić information content (AvgIpc) is 3.21. The zero-order chi connectivity index (χ0) is 21.8. The van der Waals surface area contributed by atoms with Crippen LogP contribution in [0.25, 0.3) is 11.0 Å². The van der Waals surface area contributed by atoms with Crippen molar-refractivity contribution >= 4 is 50.5 Å². The van der Waals surface area contributed by atoms with E-state index in [0.717, 1.165) is 27.8 Å². The van der Waals surface area contributed by atoms with Crippen LogP contribution in [0.2, 0.25) is 0 Å². The molecular formula is C22H16BrFN4O2S. The number of benzene rings is 3. The van der Waals surface area contributed by atoms with E-state index in [9.17, 15) is 14.0 Å². The molecule has 9 heteroatoms. The second kappa shape index (κ2) is 9.32. The smallest absolute Gasteiger partial charge is 0.270 e. The van der Waals surface area contributed by atoms with Crippen LogP contribution in [0.1, 0.15) is 26.3 Å². The number of aromatic amines is 1. The van der Waals surface area contributed by atoms with Crippen LogP contribution < -0.4 is 10.9 Å². The molecule has 0 spiro atoms. The Morgan fingerprint density at radius 2 is 1.74 bits per heavy atom. The van der Waals surface area contributed by atoms with Gasteiger partial charge in [0, 0.05) is 15.8 Å². The van der Waals surface area contributed by atoms with Gasteiger partial charge in [-0.05, 0) is 64.0 Å². The second-order valence-corrected chi connectivity index (χ2v) is 8.40. The first-order valence-electron chi connectivity index (χ1n) is 9.22. The number of para-hydroxylation sites is 2. The molecule has 0 fully saturated rings. The number of hydrogen-bond donors (Lipinski definition) is 3. The van der Waals surface area contributed by atoms with E-state index in [4.69, 9.17) is 0 Å². The summed E-state index contributed by atoms with van der Waals surface area (Å²) in [6, 6.07) is 18.6. The van der Waals surface area contributed by atoms with Gasteiger partial charge in [0.2, 0.25) is 0 Å². The Hall–Kier alpha value is -3.17. The Morgan fingerprint density at radius 1 is 1.00 bits per heavy atom. The molecule has 0 aliphatic heterocycles. The molecule has 4 rings (SSSR count). The number of hydrazine groups is 1. The molecule has 0 aliphatic carbocycles. The number of aromatic nitrogens is 2. The van der Waals surface area contributed by atoms with Crippen LogP contribution in [-0.2, 0) is 5.75 Å². The zero-order valence-electron chi connectivity index (χ0n) is 16.0. The van der Waals surface area contributed by atoms with Gasteiger partial charge in [-0.25, -0.2) is 9.37 Å². The number of imidazole rings is 1. The Kier molecular flexibility index (Phi) is 6.34. The molecule has 0 bridgehead atoms. The standard InChI is InChI=1S/C22H16BrFN4O2S/c23-17-10-9-15(24)11-16(17)21(30)28-27-20(29)14-7-5-13(6-8-14)12-31-22-25-18-3-1-2-4-19(18)26-22/h1-11H,12H2,(H,25,26)(H,27,29)(H,28,30). The quantitative estimate of drug-likeness (QED) is 0.271. The zero-order valence-corrected chi connectivity index (χ0v) is 18.4. The Morgan fingerprint density at radius 3 is 2.52 bits per heavy atom. The Balaban J connectivity index is 1.32. The molecule has 0 saturated heterocycles. The predicted octanol–water partition coefficient (Wildman–Crippen LogP) is 4.83. The molecule has 0 atom stereocenters. The van der Waals surface area contributed by atoms with E-state index in [1.165, 1.54) is 12.1 Å². The van der Waals surface area contributed by atoms with Crippen molar-refractivity contribution in [3.8, 4) is 0 Å². The first-order valence-corrected chi connectivity index (χ1v) is 11.0. The van der Waals surface area contributed by atoms with Crippen LogP contribution in [-0.4, -0.2) is 21.8 Å². The molecule has 6 nitrogen and oxygen atoms in total. The third kappa shape index (κ3) is 5.12. The Bertz CT molecular complexity index is 1230. The van der Waals surface area contributed by atoms with Gasteiger partial charge < -0.3 is 4.98 Å². The van der Waals surface area contributed by atoms with Gasteiger partial charge in [0.15, 0.2) is 5.16 Å². The van der Waals surface area contributed by atoms with E-state index in [-0.39, 0.29) is 5.56 Å². The summed E-state index contributed by atoms with van der Waals surface area (Å²) in [5.74, 6) is -0.960. The van der Waals surface area contributed by atoms with Crippen molar-refractivity contribution in [1.82, 2.24) is 20.8 Å². The first kappa shape index (κ1) is 21.1. The monoisotopic (exact) mass is 498 g/mol. The molecule has 4 aromatic rings. The van der Waals surface area contributed by atoms with Gasteiger partial charge in [-0.1, -0.05) is 36.0 Å². The summed E-state index contributed by atoms with van der Waals surface area (Å²) in [6.45, 7) is 0. The fourth-order valence-electron chi connectivity index (χ4n) is 2.83. The van der Waals surface area contributed by atoms with E-state index in [1.54, 1.807) is 23.9 Å². The number of halogens is 2. The molecule has 0 saturated carbocycles. The van der Waals surface area contributed by atoms with Gasteiger partial charge in [-0.15, -0.1) is 0 Å². The molecule has 156 valence electrons. The van der Waals surface area contributed by atoms with E-state index in [1.807, 2.05) is 36.4 Å². The number of nitrogens with one attached hydrogen (secondary N) is 3. The minimum Gasteiger partial charge on any atom is -0.333 e. The number of nitrogens with zero attached hydrogens (tertiary/aromatic N) is 1. The fraction of sp³-hybridized carbons (Fsp3) is 0.0455. The molecule has 0 radical (unpaired) electrons. The maximum Gasteiger partial charge on any atom is 0.270 e. The molecule has 3 aromatic carbocycles. The fourth-order valence-corrected chi connectivity index (χ4v) is 4.09. The van der Waals surface area contributed by atoms with Crippen molar-refractivity contribution in [1.29, 1.82) is 0 Å². The largest absolute Gasteiger partial charge is 0.333 e. The van der Waals surface area contributed by atoms with Crippen LogP contribution >= 0.6 is 27.7 Å². The third-order valence-corrected chi connectivity index (χ3v) is 6.06. The minimum absolute atomic E-state index is 0.0817. The van der Waals surface area contributed by atoms with Crippen LogP contribution in [0.15, 0.2) is 76.4 Å². The van der Waals surface area contributed by atoms with Gasteiger partial charge >= 0.3 is 0 Å². The van der Waals surface area contributed by atoms with Crippen molar-refractivity contribution < 1.29 is 14.0 Å². The van der Waals surface area contributed by atoms with Gasteiger partial charge in [-0.3, -0.25) is 20.4 Å². The lowest BCUT2D eigenvalue weighted by molar-refractivity contribution is 0.0846. The van der Waals surface area contributed by atoms with Gasteiger partial charge in [0.1, 0.15) is 5.82 Å². The average molecular weight is 499 g/mol. The summed E-state index contributed by atoms with van der Waals surface area (Å²) < 4.78 is 13.8. The van der Waals surface area contributed by atoms with Crippen LogP contribution in [0, 0.1) is 5.82 Å². The highest BCUT2D eigenvalue weighted by atomic mass is 79.9. The van der Waals surface area contributed by atoms with Crippen molar-refractivity contribution in [2.24, 2.45) is 0 Å². The Labute approximate surface area is 189 Å². The number of amides is 2. The van der Waals surface area contributed by atoms with E-state index in [2.05, 4.69) is 36.7 Å². The summed E-state index contributed by atoms with van der Waals surface area (Å²) in [6.07, 6.45) is 0. The lowest BCUT2D eigenvalue weighted by Gasteiger charge is -2.09. The molecule has 3 N–H and O–H groups in total. The summed E-state index contributed by atoms with van der Waals surface area (Å²) in [4.78, 5) is 32.2. The van der Waals surface area contributed by atoms with E-state index < -0.39 is 17.6 Å². The van der Waals surface area contributed by atoms with Crippen molar-refractivity contribution in [3.63, 3.8) is 0 Å². The predicted molar refractivity (Wildman–Crippen MR) is 121 cm³/mol. The molecule has 31 heavy (non-hydrogen) atoms. The topological polar surface area (TPSA) is 86.9 Å². The molecular weight excluding hydrogens is 483 g/mol. The van der Waals surface area contributed by atoms with E-state index >= 15 is 0 Å². The van der Waals surface area contributed by atoms with Gasteiger partial charge in [0.05, 0.1) is 16.6 Å². The highest BCUT2D eigenvalue weighted by Crippen LogP contribution is 2.23. The summed E-state index contributed by atoms with van der Waals surface area (Å²) in [5.41, 5.74) is 8.02. The van der Waals surface area contributed by atoms with Gasteiger partial charge in [-0.2, -0.15) is 0 Å². The highest BCUT2D eigenvalue weighted by molar-refractivity contribution is 9.10. The normalized spacial score (nSPS) is 10.8. The molecule has 0 aliphatic rings. The number of H-pyrrole nitrogens is 1. The third-order valence-electron chi connectivity index (χ3n) is 4.42. The molecule has 1 aromatic heterocycles. The highest BCUT2D eigenvalue weighted by Gasteiger charge is 2.13. The number of carbonyl (C=O) groups is 2. The number of fused-ring (bicyclic) bond motifs is 1. The summed E-state index contributed by atoms with van der Waals surface area (Å²) >= 11 is 4.75. The number of thioether (sulfide) groups is 1. The first-order chi connectivity index (χ1) is 15.0. The number of rotatable bonds is 5. The van der Waals surface area contributed by atoms with Crippen LogP contribution in [0.5, 0.6) is 0 Å². The number of carbonyl (C=O) groups excluding carboxylic acids is 2. The molecule has 1 heterocycles. The van der Waals surface area contributed by atoms with Crippen molar-refractivity contribution in [3.05, 3.63) is 93.7 Å². The summed E-state index contributed by atoms with van der Waals surface area (Å²) in [7, 11) is 0. The maximum atomic E-state index is 13.3. The van der Waals surface area contributed by atoms with Crippen molar-refractivity contribution in [2.45, 2.75) is 10.9 Å². The lowest BCUT2D eigenvalue weighted by Crippen LogP contribution is -2.41. The van der Waals surface area contributed by atoms with Crippen molar-refractivity contribution in [2.75, 3.05) is 0 Å². The van der Waals surface area contributed by atoms with Crippen LogP contribution in [0.4, 0.5) is 4.39 Å². The van der Waals surface area contributed by atoms with Gasteiger partial charge in [0.25, 0.3) is 11.8 Å². The maximum absolute atomic E-state index is 13.3. The molecule has 0 unspecified atom stereocenters. The number of hydrogen-bond acceptors (Lipinski definition) is 4. The van der Waals surface area contributed by atoms with Crippen LogP contribution in [0.3, 0.4) is 0 Å². The summed E-state index contributed by atoms with van der Waals surface area (Å²) in [5, 5.41) is 0.828. The minimum atomic E-state index is -0.626. The second-order valence-electron chi connectivity index (χ2n) is 6.58. The SMILES string of the molecule is O=C(NNC(=O)c1cc(F)ccc1Br)c1ccc(CSc2nc3ccccc3[nH]2)cc1. The molecule has 2 amide bonds.